The molecule has 0 radical (unpaired) electrons. The molecule has 0 spiro atoms. The number of aryl methyl sites for hydroxylation is 2. The van der Waals surface area contributed by atoms with Crippen LogP contribution in [0.3, 0.4) is 0 Å². The molecule has 0 unspecified atom stereocenters. The van der Waals surface area contributed by atoms with Crippen molar-refractivity contribution >= 4 is 22.8 Å². The van der Waals surface area contributed by atoms with Crippen LogP contribution < -0.4 is 16.6 Å². The van der Waals surface area contributed by atoms with Crippen LogP contribution in [-0.4, -0.2) is 37.6 Å². The highest BCUT2D eigenvalue weighted by Crippen LogP contribution is 2.27. The van der Waals surface area contributed by atoms with Crippen molar-refractivity contribution in [1.82, 2.24) is 19.4 Å². The number of hydrogen-bond donors (Lipinski definition) is 2. The van der Waals surface area contributed by atoms with Crippen LogP contribution in [0.15, 0.2) is 64.4 Å². The maximum atomic E-state index is 13.0. The molecule has 4 rings (SSSR count). The molecule has 11 heteroatoms. The monoisotopic (exact) mass is 496 g/mol. The highest BCUT2D eigenvalue weighted by molar-refractivity contribution is 5.96. The fourth-order valence-corrected chi connectivity index (χ4v) is 3.50. The predicted molar refractivity (Wildman–Crippen MR) is 129 cm³/mol. The van der Waals surface area contributed by atoms with Crippen molar-refractivity contribution in [2.75, 3.05) is 6.54 Å². The second-order valence-electron chi connectivity index (χ2n) is 7.80. The van der Waals surface area contributed by atoms with Gasteiger partial charge in [0, 0.05) is 31.9 Å². The number of nitrogens with zero attached hydrogens (tertiary/aromatic N) is 3. The van der Waals surface area contributed by atoms with Crippen LogP contribution in [0.1, 0.15) is 15.9 Å². The van der Waals surface area contributed by atoms with E-state index in [0.29, 0.717) is 5.56 Å². The van der Waals surface area contributed by atoms with E-state index in [9.17, 15) is 28.0 Å². The van der Waals surface area contributed by atoms with Crippen molar-refractivity contribution in [3.05, 3.63) is 98.5 Å². The molecule has 0 fully saturated rings. The van der Waals surface area contributed by atoms with E-state index in [1.165, 1.54) is 11.6 Å². The zero-order valence-corrected chi connectivity index (χ0v) is 19.6. The van der Waals surface area contributed by atoms with Gasteiger partial charge in [-0.1, -0.05) is 24.3 Å². The van der Waals surface area contributed by atoms with Gasteiger partial charge in [0.15, 0.2) is 0 Å². The molecule has 2 aromatic heterocycles. The Morgan fingerprint density at radius 3 is 2.31 bits per heavy atom. The first-order chi connectivity index (χ1) is 17.0. The Morgan fingerprint density at radius 1 is 1.00 bits per heavy atom. The lowest BCUT2D eigenvalue weighted by Gasteiger charge is -2.10. The van der Waals surface area contributed by atoms with Gasteiger partial charge in [0.2, 0.25) is 0 Å². The number of halogens is 2. The summed E-state index contributed by atoms with van der Waals surface area (Å²) in [5.74, 6) is -4.44. The van der Waals surface area contributed by atoms with Gasteiger partial charge in [0.05, 0.1) is 11.1 Å². The van der Waals surface area contributed by atoms with Crippen molar-refractivity contribution in [3.63, 3.8) is 0 Å². The minimum Gasteiger partial charge on any atom is -0.480 e. The molecule has 36 heavy (non-hydrogen) atoms. The number of aliphatic carboxylic acids is 1. The number of hydrogen-bond acceptors (Lipinski definition) is 5. The third kappa shape index (κ3) is 5.35. The molecule has 4 aromatic rings. The predicted octanol–water partition coefficient (Wildman–Crippen LogP) is 2.39. The van der Waals surface area contributed by atoms with Gasteiger partial charge in [-0.05, 0) is 36.2 Å². The van der Waals surface area contributed by atoms with Crippen molar-refractivity contribution < 1.29 is 23.5 Å². The molecule has 2 heterocycles. The molecule has 2 N–H and O–H groups in total. The number of benzene rings is 2. The number of carboxylic acid groups (broad SMARTS) is 1. The van der Waals surface area contributed by atoms with E-state index >= 15 is 0 Å². The van der Waals surface area contributed by atoms with Crippen LogP contribution in [0.4, 0.5) is 8.78 Å². The molecule has 0 aliphatic rings. The smallest absolute Gasteiger partial charge is 0.330 e. The third-order valence-corrected chi connectivity index (χ3v) is 5.30. The molecular formula is C25H22F2N4O5. The second kappa shape index (κ2) is 10.7. The number of carbonyl (C=O) groups is 2. The van der Waals surface area contributed by atoms with Gasteiger partial charge in [-0.25, -0.2) is 13.6 Å². The fraction of sp³-hybridized carbons (Fsp3) is 0.160. The van der Waals surface area contributed by atoms with Crippen LogP contribution in [0.2, 0.25) is 0 Å². The maximum Gasteiger partial charge on any atom is 0.330 e. The molecule has 0 saturated carbocycles. The van der Waals surface area contributed by atoms with Crippen LogP contribution >= 0.6 is 0 Å². The number of rotatable bonds is 4. The van der Waals surface area contributed by atoms with Crippen LogP contribution in [0.25, 0.3) is 22.0 Å². The molecule has 1 amide bonds. The third-order valence-electron chi connectivity index (χ3n) is 5.30. The Kier molecular flexibility index (Phi) is 7.73. The van der Waals surface area contributed by atoms with Gasteiger partial charge in [-0.2, -0.15) is 0 Å². The summed E-state index contributed by atoms with van der Waals surface area (Å²) < 4.78 is 28.5. The first-order valence-electron chi connectivity index (χ1n) is 10.6. The number of fused-ring (bicyclic) bond motifs is 1. The van der Waals surface area contributed by atoms with Gasteiger partial charge in [-0.3, -0.25) is 23.9 Å². The lowest BCUT2D eigenvalue weighted by atomic mass is 10.00. The van der Waals surface area contributed by atoms with Crippen molar-refractivity contribution in [2.45, 2.75) is 6.92 Å². The van der Waals surface area contributed by atoms with Crippen LogP contribution in [-0.2, 0) is 18.9 Å². The second-order valence-corrected chi connectivity index (χ2v) is 7.80. The normalized spacial score (nSPS) is 10.5. The van der Waals surface area contributed by atoms with E-state index in [1.807, 2.05) is 36.5 Å². The fourth-order valence-electron chi connectivity index (χ4n) is 3.50. The number of aromatic nitrogens is 3. The largest absolute Gasteiger partial charge is 0.480 e. The lowest BCUT2D eigenvalue weighted by molar-refractivity contribution is -0.135. The summed E-state index contributed by atoms with van der Waals surface area (Å²) in [5.41, 5.74) is 1.79. The summed E-state index contributed by atoms with van der Waals surface area (Å²) in [6.07, 6.45) is 3.32. The Hall–Kier alpha value is -4.67. The van der Waals surface area contributed by atoms with E-state index in [2.05, 4.69) is 4.98 Å². The number of nitrogens with one attached hydrogen (secondary N) is 1. The summed E-state index contributed by atoms with van der Waals surface area (Å²) >= 11 is 0. The Bertz CT molecular complexity index is 1570. The minimum absolute atomic E-state index is 0.299. The Labute approximate surface area is 203 Å². The van der Waals surface area contributed by atoms with Crippen molar-refractivity contribution in [1.29, 1.82) is 0 Å². The molecule has 0 bridgehead atoms. The van der Waals surface area contributed by atoms with E-state index in [-0.39, 0.29) is 11.2 Å². The summed E-state index contributed by atoms with van der Waals surface area (Å²) in [7, 11) is 3.13. The van der Waals surface area contributed by atoms with E-state index < -0.39 is 35.6 Å². The van der Waals surface area contributed by atoms with Crippen LogP contribution in [0, 0.1) is 18.6 Å². The van der Waals surface area contributed by atoms with Crippen LogP contribution in [0.5, 0.6) is 0 Å². The van der Waals surface area contributed by atoms with E-state index in [4.69, 9.17) is 5.11 Å². The highest BCUT2D eigenvalue weighted by atomic mass is 19.1. The lowest BCUT2D eigenvalue weighted by Crippen LogP contribution is -2.37. The summed E-state index contributed by atoms with van der Waals surface area (Å²) in [5, 5.41) is 11.0. The zero-order chi connectivity index (χ0) is 26.6. The molecule has 0 aliphatic heterocycles. The number of pyridine rings is 1. The summed E-state index contributed by atoms with van der Waals surface area (Å²) in [4.78, 5) is 49.8. The minimum atomic E-state index is -1.29. The van der Waals surface area contributed by atoms with Gasteiger partial charge in [0.1, 0.15) is 23.7 Å². The standard InChI is InChI=1S/C16H15N3O2.C9H7F2NO3/c1-10-6-7-11(12-5-4-8-17-14(10)12)13-9-18(2)16(21)19(3)15(13)20;10-5-2-1-3-6(11)8(5)9(15)12-4-7(13)14/h4-9H,1-3H3;1-3H,4H2,(H,12,15)(H,13,14). The average molecular weight is 496 g/mol. The first kappa shape index (κ1) is 25.9. The molecule has 0 aliphatic carbocycles. The molecule has 0 atom stereocenters. The average Bonchev–Trinajstić information content (AvgIpc) is 2.85. The van der Waals surface area contributed by atoms with Crippen molar-refractivity contribution in [3.8, 4) is 11.1 Å². The number of amides is 1. The van der Waals surface area contributed by atoms with E-state index in [0.717, 1.165) is 44.8 Å². The molecule has 0 saturated heterocycles. The Balaban J connectivity index is 0.000000214. The molecular weight excluding hydrogens is 474 g/mol. The van der Waals surface area contributed by atoms with Gasteiger partial charge in [0.25, 0.3) is 11.5 Å². The van der Waals surface area contributed by atoms with Gasteiger partial charge < -0.3 is 15.0 Å². The summed E-state index contributed by atoms with van der Waals surface area (Å²) in [6, 6.07) is 10.6. The highest BCUT2D eigenvalue weighted by Gasteiger charge is 2.17. The topological polar surface area (TPSA) is 123 Å². The maximum absolute atomic E-state index is 13.0. The molecule has 9 nitrogen and oxygen atoms in total. The SMILES string of the molecule is Cc1ccc(-c2cn(C)c(=O)n(C)c2=O)c2cccnc12.O=C(O)CNC(=O)c1c(F)cccc1F. The zero-order valence-electron chi connectivity index (χ0n) is 19.6. The number of carboxylic acids is 1. The van der Waals surface area contributed by atoms with Crippen molar-refractivity contribution in [2.24, 2.45) is 14.1 Å². The Morgan fingerprint density at radius 2 is 1.67 bits per heavy atom. The summed E-state index contributed by atoms with van der Waals surface area (Å²) in [6.45, 7) is 1.30. The van der Waals surface area contributed by atoms with Gasteiger partial charge >= 0.3 is 11.7 Å². The molecule has 186 valence electrons. The van der Waals surface area contributed by atoms with Gasteiger partial charge in [-0.15, -0.1) is 0 Å². The first-order valence-corrected chi connectivity index (χ1v) is 10.6. The number of carbonyl (C=O) groups excluding carboxylic acids is 1. The van der Waals surface area contributed by atoms with E-state index in [1.54, 1.807) is 19.4 Å². The quantitative estimate of drug-likeness (QED) is 0.447. The molecule has 2 aromatic carbocycles.